The van der Waals surface area contributed by atoms with E-state index in [9.17, 15) is 14.0 Å². The topological polar surface area (TPSA) is 68.5 Å². The average molecular weight is 367 g/mol. The Kier molecular flexibility index (Phi) is 4.18. The molecule has 0 aliphatic heterocycles. The van der Waals surface area contributed by atoms with E-state index in [0.717, 1.165) is 18.4 Å². The van der Waals surface area contributed by atoms with Gasteiger partial charge >= 0.3 is 5.63 Å². The van der Waals surface area contributed by atoms with Crippen LogP contribution in [-0.4, -0.2) is 19.6 Å². The Morgan fingerprint density at radius 1 is 1.22 bits per heavy atom. The van der Waals surface area contributed by atoms with Crippen LogP contribution < -0.4 is 15.7 Å². The summed E-state index contributed by atoms with van der Waals surface area (Å²) in [5, 5.41) is 3.43. The second kappa shape index (κ2) is 6.54. The molecular formula is C21H18FNO4. The molecule has 4 rings (SSSR count). The van der Waals surface area contributed by atoms with Gasteiger partial charge in [-0.15, -0.1) is 0 Å². The smallest absolute Gasteiger partial charge is 0.349 e. The number of amides is 1. The Morgan fingerprint density at radius 2 is 1.96 bits per heavy atom. The van der Waals surface area contributed by atoms with Crippen LogP contribution in [0, 0.1) is 5.82 Å². The van der Waals surface area contributed by atoms with E-state index < -0.39 is 11.5 Å². The second-order valence-electron chi connectivity index (χ2n) is 6.80. The highest BCUT2D eigenvalue weighted by molar-refractivity contribution is 5.97. The molecule has 6 heteroatoms. The summed E-state index contributed by atoms with van der Waals surface area (Å²) in [6.07, 6.45) is 1.81. The van der Waals surface area contributed by atoms with Crippen molar-refractivity contribution in [2.75, 3.05) is 13.7 Å². The number of carbonyl (C=O) groups is 1. The van der Waals surface area contributed by atoms with Crippen LogP contribution >= 0.6 is 0 Å². The monoisotopic (exact) mass is 367 g/mol. The molecule has 138 valence electrons. The zero-order valence-corrected chi connectivity index (χ0v) is 14.8. The summed E-state index contributed by atoms with van der Waals surface area (Å²) in [7, 11) is 1.49. The maximum Gasteiger partial charge on any atom is 0.349 e. The second-order valence-corrected chi connectivity index (χ2v) is 6.80. The molecule has 2 aromatic carbocycles. The summed E-state index contributed by atoms with van der Waals surface area (Å²) in [6, 6.07) is 13.0. The van der Waals surface area contributed by atoms with Gasteiger partial charge in [0.2, 0.25) is 0 Å². The first-order valence-corrected chi connectivity index (χ1v) is 8.67. The maximum absolute atomic E-state index is 13.1. The summed E-state index contributed by atoms with van der Waals surface area (Å²) in [6.45, 7) is 0.382. The van der Waals surface area contributed by atoms with Gasteiger partial charge in [-0.25, -0.2) is 9.18 Å². The number of carbonyl (C=O) groups excluding carboxylic acids is 1. The Labute approximate surface area is 154 Å². The summed E-state index contributed by atoms with van der Waals surface area (Å²) in [4.78, 5) is 24.8. The van der Waals surface area contributed by atoms with E-state index in [2.05, 4.69) is 5.32 Å². The van der Waals surface area contributed by atoms with Gasteiger partial charge < -0.3 is 14.5 Å². The molecule has 0 atom stereocenters. The fourth-order valence-electron chi connectivity index (χ4n) is 3.30. The van der Waals surface area contributed by atoms with Crippen molar-refractivity contribution in [3.8, 4) is 5.75 Å². The number of para-hydroxylation sites is 1. The van der Waals surface area contributed by atoms with E-state index in [0.29, 0.717) is 23.3 Å². The fraction of sp³-hybridized carbons (Fsp3) is 0.238. The van der Waals surface area contributed by atoms with Crippen LogP contribution in [0.15, 0.2) is 57.7 Å². The van der Waals surface area contributed by atoms with Crippen LogP contribution in [0.25, 0.3) is 11.0 Å². The molecule has 1 N–H and O–H groups in total. The lowest BCUT2D eigenvalue weighted by Crippen LogP contribution is -2.34. The zero-order valence-electron chi connectivity index (χ0n) is 14.8. The predicted molar refractivity (Wildman–Crippen MR) is 98.7 cm³/mol. The molecule has 27 heavy (non-hydrogen) atoms. The van der Waals surface area contributed by atoms with Gasteiger partial charge in [-0.2, -0.15) is 0 Å². The minimum Gasteiger partial charge on any atom is -0.493 e. The fourth-order valence-corrected chi connectivity index (χ4v) is 3.30. The molecule has 0 spiro atoms. The lowest BCUT2D eigenvalue weighted by Gasteiger charge is -2.16. The number of rotatable bonds is 5. The van der Waals surface area contributed by atoms with Crippen LogP contribution in [0.4, 0.5) is 4.39 Å². The lowest BCUT2D eigenvalue weighted by atomic mass is 9.96. The van der Waals surface area contributed by atoms with Gasteiger partial charge in [0, 0.05) is 17.3 Å². The Morgan fingerprint density at radius 3 is 2.63 bits per heavy atom. The molecule has 1 amide bonds. The van der Waals surface area contributed by atoms with E-state index in [1.165, 1.54) is 25.3 Å². The van der Waals surface area contributed by atoms with Gasteiger partial charge in [0.25, 0.3) is 5.91 Å². The third-order valence-corrected chi connectivity index (χ3v) is 5.09. The molecule has 1 aliphatic rings. The van der Waals surface area contributed by atoms with Gasteiger partial charge in [0.15, 0.2) is 11.3 Å². The summed E-state index contributed by atoms with van der Waals surface area (Å²) in [5.41, 5.74) is 0.344. The van der Waals surface area contributed by atoms with Crippen molar-refractivity contribution in [2.45, 2.75) is 18.3 Å². The van der Waals surface area contributed by atoms with Crippen LogP contribution in [0.1, 0.15) is 28.8 Å². The molecule has 3 aromatic rings. The molecule has 0 radical (unpaired) electrons. The van der Waals surface area contributed by atoms with Crippen molar-refractivity contribution in [1.29, 1.82) is 0 Å². The lowest BCUT2D eigenvalue weighted by molar-refractivity contribution is 0.0946. The SMILES string of the molecule is COc1cccc2cc(C(=O)NCC3(c4ccc(F)cc4)CC3)c(=O)oc12. The molecule has 1 aromatic heterocycles. The Balaban J connectivity index is 1.56. The van der Waals surface area contributed by atoms with Gasteiger partial charge in [-0.3, -0.25) is 4.79 Å². The van der Waals surface area contributed by atoms with Crippen molar-refractivity contribution in [3.63, 3.8) is 0 Å². The van der Waals surface area contributed by atoms with E-state index in [-0.39, 0.29) is 16.8 Å². The molecule has 1 aliphatic carbocycles. The highest BCUT2D eigenvalue weighted by Gasteiger charge is 2.44. The maximum atomic E-state index is 13.1. The highest BCUT2D eigenvalue weighted by atomic mass is 19.1. The standard InChI is InChI=1S/C21H18FNO4/c1-26-17-4-2-3-13-11-16(20(25)27-18(13)17)19(24)23-12-21(9-10-21)14-5-7-15(22)8-6-14/h2-8,11H,9-10,12H2,1H3,(H,23,24). The highest BCUT2D eigenvalue weighted by Crippen LogP contribution is 2.47. The first-order chi connectivity index (χ1) is 13.0. The molecule has 0 unspecified atom stereocenters. The van der Waals surface area contributed by atoms with Crippen molar-refractivity contribution in [1.82, 2.24) is 5.32 Å². The molecular weight excluding hydrogens is 349 g/mol. The normalized spacial score (nSPS) is 14.7. The molecule has 1 fully saturated rings. The number of nitrogens with one attached hydrogen (secondary N) is 1. The summed E-state index contributed by atoms with van der Waals surface area (Å²) >= 11 is 0. The molecule has 1 saturated carbocycles. The quantitative estimate of drug-likeness (QED) is 0.702. The number of methoxy groups -OCH3 is 1. The minimum atomic E-state index is -0.712. The Hall–Kier alpha value is -3.15. The number of hydrogen-bond donors (Lipinski definition) is 1. The molecule has 0 saturated heterocycles. The van der Waals surface area contributed by atoms with Crippen LogP contribution in [0.5, 0.6) is 5.75 Å². The number of hydrogen-bond acceptors (Lipinski definition) is 4. The van der Waals surface area contributed by atoms with Gasteiger partial charge in [0.1, 0.15) is 11.4 Å². The molecule has 5 nitrogen and oxygen atoms in total. The number of benzene rings is 2. The van der Waals surface area contributed by atoms with Gasteiger partial charge in [-0.1, -0.05) is 24.3 Å². The number of halogens is 1. The summed E-state index contributed by atoms with van der Waals surface area (Å²) in [5.74, 6) is -0.338. The van der Waals surface area contributed by atoms with Crippen molar-refractivity contribution >= 4 is 16.9 Å². The van der Waals surface area contributed by atoms with Crippen molar-refractivity contribution < 1.29 is 18.3 Å². The predicted octanol–water partition coefficient (Wildman–Crippen LogP) is 3.40. The molecule has 0 bridgehead atoms. The average Bonchev–Trinajstić information content (AvgIpc) is 3.47. The van der Waals surface area contributed by atoms with E-state index in [1.807, 2.05) is 0 Å². The minimum absolute atomic E-state index is 0.0503. The Bertz CT molecular complexity index is 1070. The van der Waals surface area contributed by atoms with E-state index in [4.69, 9.17) is 9.15 Å². The molecule has 1 heterocycles. The van der Waals surface area contributed by atoms with Crippen LogP contribution in [0.2, 0.25) is 0 Å². The van der Waals surface area contributed by atoms with Gasteiger partial charge in [0.05, 0.1) is 7.11 Å². The van der Waals surface area contributed by atoms with E-state index >= 15 is 0 Å². The van der Waals surface area contributed by atoms with Crippen molar-refractivity contribution in [2.24, 2.45) is 0 Å². The van der Waals surface area contributed by atoms with Crippen LogP contribution in [-0.2, 0) is 5.41 Å². The van der Waals surface area contributed by atoms with Crippen molar-refractivity contribution in [3.05, 3.63) is 75.9 Å². The summed E-state index contributed by atoms with van der Waals surface area (Å²) < 4.78 is 23.6. The third-order valence-electron chi connectivity index (χ3n) is 5.09. The first-order valence-electron chi connectivity index (χ1n) is 8.67. The van der Waals surface area contributed by atoms with E-state index in [1.54, 1.807) is 30.3 Å². The first kappa shape index (κ1) is 17.3. The number of ether oxygens (including phenoxy) is 1. The number of fused-ring (bicyclic) bond motifs is 1. The van der Waals surface area contributed by atoms with Gasteiger partial charge in [-0.05, 0) is 42.7 Å². The third kappa shape index (κ3) is 3.18. The van der Waals surface area contributed by atoms with Crippen LogP contribution in [0.3, 0.4) is 0 Å². The zero-order chi connectivity index (χ0) is 19.0. The largest absolute Gasteiger partial charge is 0.493 e.